The molecule has 2 aliphatic heterocycles. The highest BCUT2D eigenvalue weighted by molar-refractivity contribution is 7.99. The zero-order valence-electron chi connectivity index (χ0n) is 22.8. The molecule has 4 aromatic carbocycles. The number of aromatic hydroxyl groups is 1. The Morgan fingerprint density at radius 2 is 1.63 bits per heavy atom. The van der Waals surface area contributed by atoms with Crippen LogP contribution in [0.15, 0.2) is 95.9 Å². The molecule has 0 spiro atoms. The Hall–Kier alpha value is -4.48. The molecule has 1 fully saturated rings. The number of carbonyl (C=O) groups is 3. The summed E-state index contributed by atoms with van der Waals surface area (Å²) in [5, 5.41) is 21.9. The van der Waals surface area contributed by atoms with Gasteiger partial charge in [0.1, 0.15) is 5.75 Å². The quantitative estimate of drug-likeness (QED) is 0.131. The van der Waals surface area contributed by atoms with Crippen molar-refractivity contribution >= 4 is 35.3 Å². The van der Waals surface area contributed by atoms with Gasteiger partial charge in [-0.15, -0.1) is 11.8 Å². The van der Waals surface area contributed by atoms with Crippen molar-refractivity contribution in [3.8, 4) is 5.75 Å². The number of phenolic OH excluding ortho intramolecular Hbond substituents is 1. The number of cyclic esters (lactones) is 2. The van der Waals surface area contributed by atoms with Gasteiger partial charge in [0.05, 0.1) is 29.9 Å². The van der Waals surface area contributed by atoms with Crippen LogP contribution in [0.2, 0.25) is 0 Å². The molecule has 0 aliphatic carbocycles. The number of rotatable bonds is 8. The second-order valence-corrected chi connectivity index (χ2v) is 11.3. The van der Waals surface area contributed by atoms with Gasteiger partial charge in [0.25, 0.3) is 5.91 Å². The largest absolute Gasteiger partial charge is 0.508 e. The van der Waals surface area contributed by atoms with Gasteiger partial charge in [-0.3, -0.25) is 4.79 Å². The Morgan fingerprint density at radius 3 is 2.40 bits per heavy atom. The molecule has 3 unspecified atom stereocenters. The predicted octanol–water partition coefficient (Wildman–Crippen LogP) is 5.79. The molecule has 43 heavy (non-hydrogen) atoms. The Labute approximate surface area is 251 Å². The summed E-state index contributed by atoms with van der Waals surface area (Å²) in [4.78, 5) is 37.7. The van der Waals surface area contributed by atoms with Crippen LogP contribution in [0, 0.1) is 0 Å². The van der Waals surface area contributed by atoms with E-state index < -0.39 is 24.1 Å². The lowest BCUT2D eigenvalue weighted by atomic mass is 10.0. The van der Waals surface area contributed by atoms with E-state index in [1.54, 1.807) is 42.1 Å². The molecule has 3 atom stereocenters. The van der Waals surface area contributed by atoms with E-state index in [9.17, 15) is 24.6 Å². The molecule has 6 rings (SSSR count). The van der Waals surface area contributed by atoms with E-state index in [0.717, 1.165) is 16.0 Å². The minimum absolute atomic E-state index is 0.0460. The number of thioether (sulfide) groups is 1. The molecule has 1 amide bonds. The SMILES string of the molecule is O=C(Nc1cccc(C2OC(CSc3ccc(O)cc3)CC(c3ccc(CO)cc3)O2)c1)c1ccc2c(c1)C(=O)OC2=O. The van der Waals surface area contributed by atoms with E-state index in [-0.39, 0.29) is 41.3 Å². The molecule has 0 aromatic heterocycles. The summed E-state index contributed by atoms with van der Waals surface area (Å²) in [6.07, 6.45) is -0.560. The van der Waals surface area contributed by atoms with Crippen LogP contribution < -0.4 is 5.32 Å². The van der Waals surface area contributed by atoms with Gasteiger partial charge in [0, 0.05) is 33.9 Å². The van der Waals surface area contributed by atoms with Crippen molar-refractivity contribution in [1.29, 1.82) is 0 Å². The topological polar surface area (TPSA) is 131 Å². The van der Waals surface area contributed by atoms with Gasteiger partial charge in [-0.1, -0.05) is 36.4 Å². The number of aliphatic hydroxyl groups excluding tert-OH is 1. The second kappa shape index (κ2) is 12.4. The van der Waals surface area contributed by atoms with E-state index in [1.165, 1.54) is 18.2 Å². The van der Waals surface area contributed by atoms with Crippen molar-refractivity contribution < 1.29 is 38.8 Å². The number of hydrogen-bond donors (Lipinski definition) is 3. The zero-order chi connectivity index (χ0) is 29.9. The van der Waals surface area contributed by atoms with Gasteiger partial charge in [-0.2, -0.15) is 0 Å². The van der Waals surface area contributed by atoms with Crippen LogP contribution in [-0.2, 0) is 20.8 Å². The molecule has 218 valence electrons. The first-order valence-corrected chi connectivity index (χ1v) is 14.6. The van der Waals surface area contributed by atoms with E-state index in [1.807, 2.05) is 42.5 Å². The number of anilines is 1. The van der Waals surface area contributed by atoms with E-state index in [4.69, 9.17) is 9.47 Å². The normalized spacial score (nSPS) is 19.5. The van der Waals surface area contributed by atoms with Gasteiger partial charge < -0.3 is 29.7 Å². The highest BCUT2D eigenvalue weighted by Gasteiger charge is 2.33. The first-order chi connectivity index (χ1) is 20.9. The maximum Gasteiger partial charge on any atom is 0.346 e. The first-order valence-electron chi connectivity index (χ1n) is 13.6. The van der Waals surface area contributed by atoms with Crippen molar-refractivity contribution in [2.45, 2.75) is 36.4 Å². The maximum absolute atomic E-state index is 13.0. The lowest BCUT2D eigenvalue weighted by Crippen LogP contribution is -2.31. The predicted molar refractivity (Wildman–Crippen MR) is 158 cm³/mol. The van der Waals surface area contributed by atoms with Gasteiger partial charge in [-0.05, 0) is 65.7 Å². The van der Waals surface area contributed by atoms with Gasteiger partial charge in [-0.25, -0.2) is 9.59 Å². The van der Waals surface area contributed by atoms with Crippen molar-refractivity contribution in [2.75, 3.05) is 11.1 Å². The second-order valence-electron chi connectivity index (χ2n) is 10.2. The van der Waals surface area contributed by atoms with E-state index >= 15 is 0 Å². The fourth-order valence-electron chi connectivity index (χ4n) is 4.95. The molecule has 0 radical (unpaired) electrons. The van der Waals surface area contributed by atoms with Crippen molar-refractivity contribution in [3.05, 3.63) is 124 Å². The average Bonchev–Trinajstić information content (AvgIpc) is 3.32. The standard InChI is InChI=1S/C33H27NO8S/c35-17-19-4-6-20(7-5-19)29-16-25(18-43-26-11-9-24(36)10-12-26)40-33(41-29)22-2-1-3-23(14-22)34-30(37)21-8-13-27-28(15-21)32(39)42-31(27)38/h1-15,25,29,33,35-36H,16-18H2,(H,34,37). The van der Waals surface area contributed by atoms with Crippen LogP contribution in [0.4, 0.5) is 5.69 Å². The Balaban J connectivity index is 1.20. The summed E-state index contributed by atoms with van der Waals surface area (Å²) in [5.41, 5.74) is 3.37. The van der Waals surface area contributed by atoms with Crippen LogP contribution in [0.25, 0.3) is 0 Å². The molecule has 3 N–H and O–H groups in total. The number of ether oxygens (including phenoxy) is 3. The van der Waals surface area contributed by atoms with Gasteiger partial charge in [0.2, 0.25) is 0 Å². The monoisotopic (exact) mass is 597 g/mol. The van der Waals surface area contributed by atoms with Crippen molar-refractivity contribution in [2.24, 2.45) is 0 Å². The number of nitrogens with one attached hydrogen (secondary N) is 1. The maximum atomic E-state index is 13.0. The summed E-state index contributed by atoms with van der Waals surface area (Å²) in [6, 6.07) is 26.0. The zero-order valence-corrected chi connectivity index (χ0v) is 23.6. The number of phenols is 1. The first kappa shape index (κ1) is 28.6. The molecule has 2 heterocycles. The summed E-state index contributed by atoms with van der Waals surface area (Å²) >= 11 is 1.62. The molecule has 10 heteroatoms. The summed E-state index contributed by atoms with van der Waals surface area (Å²) in [5.74, 6) is -1.10. The summed E-state index contributed by atoms with van der Waals surface area (Å²) in [6.45, 7) is -0.0460. The fraction of sp³-hybridized carbons (Fsp3) is 0.182. The van der Waals surface area contributed by atoms with Crippen molar-refractivity contribution in [1.82, 2.24) is 0 Å². The number of hydrogen-bond acceptors (Lipinski definition) is 9. The number of amides is 1. The highest BCUT2D eigenvalue weighted by atomic mass is 32.2. The molecular weight excluding hydrogens is 570 g/mol. The number of fused-ring (bicyclic) bond motifs is 1. The molecule has 1 saturated heterocycles. The van der Waals surface area contributed by atoms with E-state index in [2.05, 4.69) is 10.1 Å². The van der Waals surface area contributed by atoms with Crippen LogP contribution in [-0.4, -0.2) is 39.9 Å². The smallest absolute Gasteiger partial charge is 0.346 e. The Bertz CT molecular complexity index is 1670. The lowest BCUT2D eigenvalue weighted by Gasteiger charge is -2.36. The Kier molecular flexibility index (Phi) is 8.26. The van der Waals surface area contributed by atoms with Crippen LogP contribution in [0.5, 0.6) is 5.75 Å². The summed E-state index contributed by atoms with van der Waals surface area (Å²) in [7, 11) is 0. The van der Waals surface area contributed by atoms with Crippen LogP contribution in [0.3, 0.4) is 0 Å². The molecule has 4 aromatic rings. The number of esters is 2. The molecule has 9 nitrogen and oxygen atoms in total. The third-order valence-electron chi connectivity index (χ3n) is 7.21. The van der Waals surface area contributed by atoms with E-state index in [0.29, 0.717) is 23.4 Å². The van der Waals surface area contributed by atoms with Crippen LogP contribution in [0.1, 0.15) is 66.6 Å². The third-order valence-corrected chi connectivity index (χ3v) is 8.36. The van der Waals surface area contributed by atoms with Gasteiger partial charge in [0.15, 0.2) is 6.29 Å². The minimum Gasteiger partial charge on any atom is -0.508 e. The van der Waals surface area contributed by atoms with Crippen LogP contribution >= 0.6 is 11.8 Å². The lowest BCUT2D eigenvalue weighted by molar-refractivity contribution is -0.245. The number of aliphatic hydroxyl groups is 1. The number of benzene rings is 4. The highest BCUT2D eigenvalue weighted by Crippen LogP contribution is 2.40. The number of carbonyl (C=O) groups excluding carboxylic acids is 3. The van der Waals surface area contributed by atoms with Gasteiger partial charge >= 0.3 is 11.9 Å². The third kappa shape index (κ3) is 6.47. The van der Waals surface area contributed by atoms with Crippen molar-refractivity contribution in [3.63, 3.8) is 0 Å². The fourth-order valence-corrected chi connectivity index (χ4v) is 5.87. The minimum atomic E-state index is -0.776. The molecule has 0 bridgehead atoms. The molecule has 2 aliphatic rings. The molecular formula is C33H27NO8S. The summed E-state index contributed by atoms with van der Waals surface area (Å²) < 4.78 is 17.4. The average molecular weight is 598 g/mol. The molecule has 0 saturated carbocycles. The Morgan fingerprint density at radius 1 is 0.860 bits per heavy atom.